The summed E-state index contributed by atoms with van der Waals surface area (Å²) in [5.41, 5.74) is 5.61. The predicted octanol–water partition coefficient (Wildman–Crippen LogP) is 6.69. The van der Waals surface area contributed by atoms with Gasteiger partial charge in [0, 0.05) is 29.2 Å². The first-order chi connectivity index (χ1) is 17.1. The Morgan fingerprint density at radius 1 is 1.00 bits per heavy atom. The molecule has 1 amide bonds. The summed E-state index contributed by atoms with van der Waals surface area (Å²) in [6.07, 6.45) is 3.39. The number of aryl methyl sites for hydroxylation is 1. The molecule has 2 heterocycles. The van der Waals surface area contributed by atoms with E-state index in [-0.39, 0.29) is 5.91 Å². The van der Waals surface area contributed by atoms with Crippen LogP contribution in [0.1, 0.15) is 37.7 Å². The number of hydrogen-bond donors (Lipinski definition) is 1. The third-order valence-corrected chi connectivity index (χ3v) is 7.35. The van der Waals surface area contributed by atoms with Gasteiger partial charge >= 0.3 is 0 Å². The number of carbonyl (C=O) groups excluding carboxylic acids is 1. The Balaban J connectivity index is 1.21. The van der Waals surface area contributed by atoms with Crippen molar-refractivity contribution in [2.24, 2.45) is 0 Å². The molecule has 0 atom stereocenters. The van der Waals surface area contributed by atoms with Crippen LogP contribution < -0.4 is 5.32 Å². The highest BCUT2D eigenvalue weighted by Crippen LogP contribution is 2.30. The molecule has 0 unspecified atom stereocenters. The number of rotatable bonds is 7. The second-order valence-electron chi connectivity index (χ2n) is 9.36. The number of carbonyl (C=O) groups is 1. The summed E-state index contributed by atoms with van der Waals surface area (Å²) < 4.78 is 3.44. The number of imidazole rings is 1. The third kappa shape index (κ3) is 5.65. The van der Waals surface area contributed by atoms with Gasteiger partial charge < -0.3 is 14.8 Å². The van der Waals surface area contributed by atoms with E-state index in [0.717, 1.165) is 72.5 Å². The van der Waals surface area contributed by atoms with Crippen molar-refractivity contribution in [3.8, 4) is 11.4 Å². The van der Waals surface area contributed by atoms with Crippen LogP contribution in [0.5, 0.6) is 0 Å². The van der Waals surface area contributed by atoms with Crippen molar-refractivity contribution in [3.63, 3.8) is 0 Å². The van der Waals surface area contributed by atoms with E-state index in [4.69, 9.17) is 4.98 Å². The molecule has 0 bridgehead atoms. The number of likely N-dealkylation sites (tertiary alicyclic amines) is 1. The van der Waals surface area contributed by atoms with Crippen LogP contribution in [0.3, 0.4) is 0 Å². The van der Waals surface area contributed by atoms with Crippen molar-refractivity contribution in [1.82, 2.24) is 14.5 Å². The molecule has 35 heavy (non-hydrogen) atoms. The first-order valence-electron chi connectivity index (χ1n) is 12.4. The third-order valence-electron chi connectivity index (χ3n) is 6.86. The Hall–Kier alpha value is -2.96. The molecule has 3 aromatic carbocycles. The fraction of sp³-hybridized carbons (Fsp3) is 0.310. The van der Waals surface area contributed by atoms with E-state index in [1.54, 1.807) is 6.92 Å². The molecule has 1 saturated heterocycles. The van der Waals surface area contributed by atoms with Crippen molar-refractivity contribution in [1.29, 1.82) is 0 Å². The van der Waals surface area contributed by atoms with Crippen LogP contribution in [0.2, 0.25) is 0 Å². The Bertz CT molecular complexity index is 1320. The molecule has 0 aliphatic carbocycles. The van der Waals surface area contributed by atoms with Gasteiger partial charge in [-0.2, -0.15) is 0 Å². The maximum Gasteiger partial charge on any atom is 0.221 e. The minimum Gasteiger partial charge on any atom is -0.326 e. The number of anilines is 1. The summed E-state index contributed by atoms with van der Waals surface area (Å²) in [6, 6.07) is 25.1. The van der Waals surface area contributed by atoms with Gasteiger partial charge in [-0.1, -0.05) is 52.3 Å². The fourth-order valence-corrected chi connectivity index (χ4v) is 5.56. The molecule has 180 valence electrons. The van der Waals surface area contributed by atoms with E-state index >= 15 is 0 Å². The van der Waals surface area contributed by atoms with Gasteiger partial charge in [-0.3, -0.25) is 4.79 Å². The monoisotopic (exact) mass is 530 g/mol. The molecule has 1 aliphatic rings. The van der Waals surface area contributed by atoms with Gasteiger partial charge in [-0.15, -0.1) is 0 Å². The van der Waals surface area contributed by atoms with Crippen molar-refractivity contribution < 1.29 is 4.79 Å². The standard InChI is InChI=1S/C29H31BrN4O/c1-21(35)31-26-10-5-7-23(20-26)22-13-17-33(18-14-22)15-6-16-34-28-12-3-2-11-27(28)32-29(34)24-8-4-9-25(30)19-24/h2-5,7-12,19-20,22H,6,13-18H2,1H3,(H,31,35). The van der Waals surface area contributed by atoms with Gasteiger partial charge in [0.05, 0.1) is 11.0 Å². The fourth-order valence-electron chi connectivity index (χ4n) is 5.17. The van der Waals surface area contributed by atoms with E-state index in [2.05, 4.69) is 91.4 Å². The summed E-state index contributed by atoms with van der Waals surface area (Å²) >= 11 is 3.61. The highest BCUT2D eigenvalue weighted by molar-refractivity contribution is 9.10. The lowest BCUT2D eigenvalue weighted by atomic mass is 9.89. The number of hydrogen-bond acceptors (Lipinski definition) is 3. The number of aromatic nitrogens is 2. The van der Waals surface area contributed by atoms with Crippen LogP contribution in [0.25, 0.3) is 22.4 Å². The van der Waals surface area contributed by atoms with E-state index in [1.165, 1.54) is 11.1 Å². The molecule has 0 saturated carbocycles. The number of amides is 1. The molecule has 1 aliphatic heterocycles. The first-order valence-corrected chi connectivity index (χ1v) is 13.2. The number of para-hydroxylation sites is 2. The molecule has 1 aromatic heterocycles. The van der Waals surface area contributed by atoms with Gasteiger partial charge in [-0.05, 0) is 86.8 Å². The van der Waals surface area contributed by atoms with Crippen molar-refractivity contribution in [3.05, 3.63) is 82.8 Å². The summed E-state index contributed by atoms with van der Waals surface area (Å²) in [5.74, 6) is 1.57. The number of nitrogens with zero attached hydrogens (tertiary/aromatic N) is 3. The Kier molecular flexibility index (Phi) is 7.30. The van der Waals surface area contributed by atoms with Gasteiger partial charge in [0.2, 0.25) is 5.91 Å². The quantitative estimate of drug-likeness (QED) is 0.289. The van der Waals surface area contributed by atoms with Crippen LogP contribution in [0.15, 0.2) is 77.3 Å². The van der Waals surface area contributed by atoms with Crippen LogP contribution in [0, 0.1) is 0 Å². The normalized spacial score (nSPS) is 14.9. The lowest BCUT2D eigenvalue weighted by Gasteiger charge is -2.32. The average Bonchev–Trinajstić information content (AvgIpc) is 3.23. The molecule has 0 spiro atoms. The topological polar surface area (TPSA) is 50.2 Å². The molecule has 5 rings (SSSR count). The minimum atomic E-state index is -0.0225. The Labute approximate surface area is 215 Å². The number of halogens is 1. The van der Waals surface area contributed by atoms with Crippen LogP contribution in [-0.4, -0.2) is 40.0 Å². The zero-order valence-corrected chi connectivity index (χ0v) is 21.7. The SMILES string of the molecule is CC(=O)Nc1cccc(C2CCN(CCCn3c(-c4cccc(Br)c4)nc4ccccc43)CC2)c1. The summed E-state index contributed by atoms with van der Waals surface area (Å²) in [5, 5.41) is 2.91. The maximum absolute atomic E-state index is 11.4. The zero-order valence-electron chi connectivity index (χ0n) is 20.1. The van der Waals surface area contributed by atoms with E-state index in [1.807, 2.05) is 12.1 Å². The van der Waals surface area contributed by atoms with Gasteiger partial charge in [-0.25, -0.2) is 4.98 Å². The van der Waals surface area contributed by atoms with Gasteiger partial charge in [0.25, 0.3) is 0 Å². The van der Waals surface area contributed by atoms with Crippen molar-refractivity contribution >= 4 is 38.6 Å². The van der Waals surface area contributed by atoms with Crippen LogP contribution >= 0.6 is 15.9 Å². The molecule has 4 aromatic rings. The van der Waals surface area contributed by atoms with Crippen LogP contribution in [-0.2, 0) is 11.3 Å². The lowest BCUT2D eigenvalue weighted by molar-refractivity contribution is -0.114. The molecule has 5 nitrogen and oxygen atoms in total. The zero-order chi connectivity index (χ0) is 24.2. The number of nitrogens with one attached hydrogen (secondary N) is 1. The number of piperidine rings is 1. The van der Waals surface area contributed by atoms with Crippen LogP contribution in [0.4, 0.5) is 5.69 Å². The molecule has 1 N–H and O–H groups in total. The predicted molar refractivity (Wildman–Crippen MR) is 147 cm³/mol. The molecule has 0 radical (unpaired) electrons. The highest BCUT2D eigenvalue weighted by Gasteiger charge is 2.21. The summed E-state index contributed by atoms with van der Waals surface area (Å²) in [7, 11) is 0. The Morgan fingerprint density at radius 2 is 1.80 bits per heavy atom. The smallest absolute Gasteiger partial charge is 0.221 e. The summed E-state index contributed by atoms with van der Waals surface area (Å²) in [4.78, 5) is 18.9. The van der Waals surface area contributed by atoms with Crippen molar-refractivity contribution in [2.75, 3.05) is 25.0 Å². The first kappa shape index (κ1) is 23.8. The second kappa shape index (κ2) is 10.8. The average molecular weight is 531 g/mol. The highest BCUT2D eigenvalue weighted by atomic mass is 79.9. The van der Waals surface area contributed by atoms with E-state index < -0.39 is 0 Å². The van der Waals surface area contributed by atoms with E-state index in [9.17, 15) is 4.79 Å². The second-order valence-corrected chi connectivity index (χ2v) is 10.3. The Morgan fingerprint density at radius 3 is 2.60 bits per heavy atom. The largest absolute Gasteiger partial charge is 0.326 e. The number of benzene rings is 3. The lowest BCUT2D eigenvalue weighted by Crippen LogP contribution is -2.34. The van der Waals surface area contributed by atoms with E-state index in [0.29, 0.717) is 5.92 Å². The molecular formula is C29H31BrN4O. The molecular weight excluding hydrogens is 500 g/mol. The van der Waals surface area contributed by atoms with Crippen molar-refractivity contribution in [2.45, 2.75) is 38.6 Å². The van der Waals surface area contributed by atoms with Gasteiger partial charge in [0.1, 0.15) is 5.82 Å². The summed E-state index contributed by atoms with van der Waals surface area (Å²) in [6.45, 7) is 5.81. The van der Waals surface area contributed by atoms with Gasteiger partial charge in [0.15, 0.2) is 0 Å². The molecule has 6 heteroatoms. The number of fused-ring (bicyclic) bond motifs is 1. The molecule has 1 fully saturated rings. The minimum absolute atomic E-state index is 0.0225. The maximum atomic E-state index is 11.4.